The van der Waals surface area contributed by atoms with Gasteiger partial charge in [-0.1, -0.05) is 0 Å². The number of piperidine rings is 1. The number of fused-ring (bicyclic) bond motifs is 1. The molecule has 4 heteroatoms. The monoisotopic (exact) mass is 299 g/mol. The van der Waals surface area contributed by atoms with Crippen molar-refractivity contribution in [3.05, 3.63) is 41.7 Å². The van der Waals surface area contributed by atoms with E-state index in [1.807, 2.05) is 25.1 Å². The van der Waals surface area contributed by atoms with Crippen LogP contribution >= 0.6 is 0 Å². The Morgan fingerprint density at radius 1 is 1.09 bits per heavy atom. The molecular formula is C18H21NO3. The molecule has 1 fully saturated rings. The van der Waals surface area contributed by atoms with E-state index >= 15 is 0 Å². The van der Waals surface area contributed by atoms with Gasteiger partial charge in [-0.05, 0) is 44.3 Å². The fourth-order valence-electron chi connectivity index (χ4n) is 3.18. The lowest BCUT2D eigenvalue weighted by Crippen LogP contribution is -2.50. The van der Waals surface area contributed by atoms with Crippen molar-refractivity contribution in [2.24, 2.45) is 0 Å². The first-order chi connectivity index (χ1) is 10.6. The third-order valence-corrected chi connectivity index (χ3v) is 4.62. The van der Waals surface area contributed by atoms with Crippen LogP contribution in [0, 0.1) is 6.92 Å². The van der Waals surface area contributed by atoms with Gasteiger partial charge in [-0.25, -0.2) is 0 Å². The average Bonchev–Trinajstić information content (AvgIpc) is 2.97. The predicted molar refractivity (Wildman–Crippen MR) is 83.8 cm³/mol. The van der Waals surface area contributed by atoms with Crippen molar-refractivity contribution in [1.29, 1.82) is 0 Å². The van der Waals surface area contributed by atoms with Gasteiger partial charge in [0.25, 0.3) is 0 Å². The minimum Gasteiger partial charge on any atom is -0.462 e. The van der Waals surface area contributed by atoms with Crippen molar-refractivity contribution >= 4 is 0 Å². The Hall–Kier alpha value is -1.78. The molecule has 0 aliphatic carbocycles. The summed E-state index contributed by atoms with van der Waals surface area (Å²) in [6.45, 7) is 4.59. The molecule has 2 aliphatic heterocycles. The van der Waals surface area contributed by atoms with Crippen molar-refractivity contribution in [2.45, 2.75) is 32.2 Å². The number of hydrogen-bond acceptors (Lipinski definition) is 4. The quantitative estimate of drug-likeness (QED) is 0.806. The number of likely N-dealkylation sites (tertiary alicyclic amines) is 1. The number of aryl methyl sites for hydroxylation is 1. The van der Waals surface area contributed by atoms with Gasteiger partial charge in [0.1, 0.15) is 17.3 Å². The predicted octanol–water partition coefficient (Wildman–Crippen LogP) is 3.59. The van der Waals surface area contributed by atoms with Gasteiger partial charge in [0, 0.05) is 37.1 Å². The third-order valence-electron chi connectivity index (χ3n) is 4.62. The van der Waals surface area contributed by atoms with Crippen LogP contribution in [0.15, 0.2) is 34.7 Å². The Morgan fingerprint density at radius 3 is 2.64 bits per heavy atom. The summed E-state index contributed by atoms with van der Waals surface area (Å²) < 4.78 is 18.0. The summed E-state index contributed by atoms with van der Waals surface area (Å²) in [7, 11) is 2.14. The van der Waals surface area contributed by atoms with Crippen LogP contribution in [0.5, 0.6) is 5.75 Å². The molecular weight excluding hydrogens is 278 g/mol. The molecule has 4 rings (SSSR count). The minimum absolute atomic E-state index is 0.428. The normalized spacial score (nSPS) is 20.6. The second-order valence-corrected chi connectivity index (χ2v) is 6.34. The van der Waals surface area contributed by atoms with Crippen molar-refractivity contribution in [2.75, 3.05) is 20.1 Å². The van der Waals surface area contributed by atoms with E-state index < -0.39 is 5.79 Å². The largest absolute Gasteiger partial charge is 0.462 e. The maximum absolute atomic E-state index is 6.23. The second-order valence-electron chi connectivity index (χ2n) is 6.34. The zero-order chi connectivity index (χ0) is 15.2. The van der Waals surface area contributed by atoms with Gasteiger partial charge < -0.3 is 18.8 Å². The second kappa shape index (κ2) is 5.14. The number of rotatable bonds is 1. The SMILES string of the molecule is Cc1ccc(-c2ccc3c(c2)COC2(CCN(C)CC2)O3)o1. The van der Waals surface area contributed by atoms with E-state index in [-0.39, 0.29) is 0 Å². The van der Waals surface area contributed by atoms with E-state index in [2.05, 4.69) is 24.1 Å². The van der Waals surface area contributed by atoms with Crippen LogP contribution in [0.25, 0.3) is 11.3 Å². The van der Waals surface area contributed by atoms with Gasteiger partial charge in [0.05, 0.1) is 6.61 Å². The fourth-order valence-corrected chi connectivity index (χ4v) is 3.18. The van der Waals surface area contributed by atoms with Gasteiger partial charge in [-0.2, -0.15) is 0 Å². The number of furan rings is 1. The van der Waals surface area contributed by atoms with E-state index in [4.69, 9.17) is 13.9 Å². The molecule has 4 nitrogen and oxygen atoms in total. The lowest BCUT2D eigenvalue weighted by Gasteiger charge is -2.43. The van der Waals surface area contributed by atoms with Gasteiger partial charge in [-0.3, -0.25) is 0 Å². The molecule has 1 saturated heterocycles. The molecule has 2 aliphatic rings. The summed E-state index contributed by atoms with van der Waals surface area (Å²) in [5, 5.41) is 0. The highest BCUT2D eigenvalue weighted by atomic mass is 16.7. The Kier molecular flexibility index (Phi) is 3.24. The van der Waals surface area contributed by atoms with Crippen LogP contribution in [0.4, 0.5) is 0 Å². The molecule has 0 saturated carbocycles. The van der Waals surface area contributed by atoms with Crippen LogP contribution in [0.1, 0.15) is 24.2 Å². The maximum atomic E-state index is 6.23. The van der Waals surface area contributed by atoms with Crippen molar-refractivity contribution in [1.82, 2.24) is 4.90 Å². The molecule has 0 radical (unpaired) electrons. The highest BCUT2D eigenvalue weighted by Crippen LogP contribution is 2.39. The maximum Gasteiger partial charge on any atom is 0.213 e. The number of nitrogens with zero attached hydrogens (tertiary/aromatic N) is 1. The average molecular weight is 299 g/mol. The Morgan fingerprint density at radius 2 is 1.91 bits per heavy atom. The molecule has 3 heterocycles. The zero-order valence-electron chi connectivity index (χ0n) is 13.1. The molecule has 0 N–H and O–H groups in total. The number of hydrogen-bond donors (Lipinski definition) is 0. The highest BCUT2D eigenvalue weighted by Gasteiger charge is 2.40. The van der Waals surface area contributed by atoms with E-state index in [1.165, 1.54) is 0 Å². The summed E-state index contributed by atoms with van der Waals surface area (Å²) in [6.07, 6.45) is 1.84. The Balaban J connectivity index is 1.59. The molecule has 0 unspecified atom stereocenters. The summed E-state index contributed by atoms with van der Waals surface area (Å²) in [6, 6.07) is 10.2. The van der Waals surface area contributed by atoms with Crippen LogP contribution in [0.3, 0.4) is 0 Å². The molecule has 1 spiro atoms. The van der Waals surface area contributed by atoms with Crippen molar-refractivity contribution in [3.8, 4) is 17.1 Å². The minimum atomic E-state index is -0.428. The first kappa shape index (κ1) is 13.9. The smallest absolute Gasteiger partial charge is 0.213 e. The highest BCUT2D eigenvalue weighted by molar-refractivity contribution is 5.61. The fraction of sp³-hybridized carbons (Fsp3) is 0.444. The summed E-state index contributed by atoms with van der Waals surface area (Å²) >= 11 is 0. The lowest BCUT2D eigenvalue weighted by molar-refractivity contribution is -0.226. The van der Waals surface area contributed by atoms with Gasteiger partial charge in [-0.15, -0.1) is 0 Å². The van der Waals surface area contributed by atoms with Crippen LogP contribution < -0.4 is 4.74 Å². The summed E-state index contributed by atoms with van der Waals surface area (Å²) in [5.74, 6) is 2.33. The first-order valence-electron chi connectivity index (χ1n) is 7.85. The molecule has 2 aromatic rings. The van der Waals surface area contributed by atoms with E-state index in [0.29, 0.717) is 6.61 Å². The Bertz CT molecular complexity index is 683. The van der Waals surface area contributed by atoms with Gasteiger partial charge >= 0.3 is 0 Å². The standard InChI is InChI=1S/C18H21NO3/c1-13-3-5-16(21-13)14-4-6-17-15(11-14)12-20-18(22-17)7-9-19(2)10-8-18/h3-6,11H,7-10,12H2,1-2H3. The molecule has 1 aromatic heterocycles. The van der Waals surface area contributed by atoms with Crippen molar-refractivity contribution < 1.29 is 13.9 Å². The molecule has 0 atom stereocenters. The van der Waals surface area contributed by atoms with Gasteiger partial charge in [0.2, 0.25) is 5.79 Å². The Labute approximate surface area is 130 Å². The first-order valence-corrected chi connectivity index (χ1v) is 7.85. The third kappa shape index (κ3) is 2.42. The van der Waals surface area contributed by atoms with Crippen LogP contribution in [-0.2, 0) is 11.3 Å². The van der Waals surface area contributed by atoms with E-state index in [9.17, 15) is 0 Å². The van der Waals surface area contributed by atoms with E-state index in [0.717, 1.165) is 54.3 Å². The van der Waals surface area contributed by atoms with Crippen LogP contribution in [0.2, 0.25) is 0 Å². The van der Waals surface area contributed by atoms with Crippen molar-refractivity contribution in [3.63, 3.8) is 0 Å². The molecule has 0 bridgehead atoms. The van der Waals surface area contributed by atoms with Gasteiger partial charge in [0.15, 0.2) is 0 Å². The number of ether oxygens (including phenoxy) is 2. The topological polar surface area (TPSA) is 34.8 Å². The number of benzene rings is 1. The van der Waals surface area contributed by atoms with E-state index in [1.54, 1.807) is 0 Å². The molecule has 0 amide bonds. The molecule has 116 valence electrons. The van der Waals surface area contributed by atoms with Crippen LogP contribution in [-0.4, -0.2) is 30.8 Å². The zero-order valence-corrected chi connectivity index (χ0v) is 13.1. The molecule has 22 heavy (non-hydrogen) atoms. The summed E-state index contributed by atoms with van der Waals surface area (Å²) in [4.78, 5) is 2.32. The molecule has 1 aromatic carbocycles. The summed E-state index contributed by atoms with van der Waals surface area (Å²) in [5.41, 5.74) is 2.16. The lowest BCUT2D eigenvalue weighted by atomic mass is 10.0.